The molecule has 0 saturated carbocycles. The molecule has 1 saturated heterocycles. The van der Waals surface area contributed by atoms with E-state index in [1.165, 1.54) is 6.20 Å². The molecule has 1 aromatic heterocycles. The van der Waals surface area contributed by atoms with Crippen LogP contribution < -0.4 is 11.1 Å². The monoisotopic (exact) mass is 332 g/mol. The molecule has 120 valence electrons. The van der Waals surface area contributed by atoms with E-state index in [2.05, 4.69) is 15.3 Å². The highest BCUT2D eigenvalue weighted by Crippen LogP contribution is 2.18. The number of benzene rings is 1. The second-order valence-electron chi connectivity index (χ2n) is 5.48. The van der Waals surface area contributed by atoms with Crippen LogP contribution in [0.15, 0.2) is 36.7 Å². The number of nitrogens with zero attached hydrogens (tertiary/aromatic N) is 2. The lowest BCUT2D eigenvalue weighted by Crippen LogP contribution is -2.35. The molecule has 1 aromatic carbocycles. The highest BCUT2D eigenvalue weighted by molar-refractivity contribution is 7.91. The Morgan fingerprint density at radius 3 is 2.57 bits per heavy atom. The van der Waals surface area contributed by atoms with Crippen LogP contribution >= 0.6 is 0 Å². The molecule has 0 spiro atoms. The third-order valence-corrected chi connectivity index (χ3v) is 5.43. The van der Waals surface area contributed by atoms with Gasteiger partial charge in [0.2, 0.25) is 0 Å². The molecule has 1 fully saturated rings. The Balaban J connectivity index is 1.71. The summed E-state index contributed by atoms with van der Waals surface area (Å²) >= 11 is 0. The first-order valence-electron chi connectivity index (χ1n) is 7.12. The van der Waals surface area contributed by atoms with Gasteiger partial charge in [0.1, 0.15) is 5.82 Å². The van der Waals surface area contributed by atoms with Crippen molar-refractivity contribution >= 4 is 21.6 Å². The summed E-state index contributed by atoms with van der Waals surface area (Å²) in [6.45, 7) is 0. The van der Waals surface area contributed by atoms with E-state index in [0.717, 1.165) is 5.56 Å². The maximum Gasteiger partial charge on any atom is 0.251 e. The van der Waals surface area contributed by atoms with Crippen LogP contribution in [0, 0.1) is 0 Å². The van der Waals surface area contributed by atoms with Gasteiger partial charge in [0, 0.05) is 17.2 Å². The van der Waals surface area contributed by atoms with E-state index in [1.54, 1.807) is 30.5 Å². The highest BCUT2D eigenvalue weighted by atomic mass is 32.2. The first-order chi connectivity index (χ1) is 10.9. The Morgan fingerprint density at radius 2 is 1.96 bits per heavy atom. The first-order valence-corrected chi connectivity index (χ1v) is 8.94. The van der Waals surface area contributed by atoms with Crippen LogP contribution in [0.25, 0.3) is 11.3 Å². The molecule has 23 heavy (non-hydrogen) atoms. The van der Waals surface area contributed by atoms with Crippen LogP contribution in [0.4, 0.5) is 5.82 Å². The number of amides is 1. The van der Waals surface area contributed by atoms with Gasteiger partial charge in [-0.25, -0.2) is 13.4 Å². The molecule has 0 radical (unpaired) electrons. The number of carbonyl (C=O) groups is 1. The van der Waals surface area contributed by atoms with Crippen molar-refractivity contribution in [3.8, 4) is 11.3 Å². The van der Waals surface area contributed by atoms with Crippen molar-refractivity contribution in [2.45, 2.75) is 12.5 Å². The molecular formula is C15H16N4O3S. The number of carbonyl (C=O) groups excluding carboxylic acids is 1. The van der Waals surface area contributed by atoms with Crippen molar-refractivity contribution in [3.63, 3.8) is 0 Å². The zero-order chi connectivity index (χ0) is 16.4. The summed E-state index contributed by atoms with van der Waals surface area (Å²) < 4.78 is 22.8. The summed E-state index contributed by atoms with van der Waals surface area (Å²) in [6, 6.07) is 6.53. The molecular weight excluding hydrogens is 316 g/mol. The highest BCUT2D eigenvalue weighted by Gasteiger charge is 2.29. The molecule has 3 rings (SSSR count). The Hall–Kier alpha value is -2.48. The van der Waals surface area contributed by atoms with Gasteiger partial charge in [-0.05, 0) is 18.6 Å². The maximum atomic E-state index is 12.2. The first kappa shape index (κ1) is 15.4. The summed E-state index contributed by atoms with van der Waals surface area (Å²) in [5.74, 6) is 0.185. The lowest BCUT2D eigenvalue weighted by atomic mass is 10.1. The summed E-state index contributed by atoms with van der Waals surface area (Å²) in [7, 11) is -3.01. The van der Waals surface area contributed by atoms with Crippen molar-refractivity contribution < 1.29 is 13.2 Å². The predicted octanol–water partition coefficient (Wildman–Crippen LogP) is 0.643. The van der Waals surface area contributed by atoms with E-state index in [0.29, 0.717) is 23.5 Å². The zero-order valence-electron chi connectivity index (χ0n) is 12.3. The fourth-order valence-corrected chi connectivity index (χ4v) is 4.16. The number of aromatic nitrogens is 2. The normalized spacial score (nSPS) is 19.4. The number of hydrogen-bond donors (Lipinski definition) is 2. The minimum Gasteiger partial charge on any atom is -0.382 e. The van der Waals surface area contributed by atoms with Gasteiger partial charge < -0.3 is 11.1 Å². The van der Waals surface area contributed by atoms with E-state index in [1.807, 2.05) is 0 Å². The molecule has 2 heterocycles. The van der Waals surface area contributed by atoms with E-state index < -0.39 is 9.84 Å². The van der Waals surface area contributed by atoms with Crippen LogP contribution in [-0.4, -0.2) is 41.8 Å². The van der Waals surface area contributed by atoms with E-state index >= 15 is 0 Å². The predicted molar refractivity (Wildman–Crippen MR) is 86.4 cm³/mol. The third kappa shape index (κ3) is 3.65. The van der Waals surface area contributed by atoms with Crippen LogP contribution in [-0.2, 0) is 9.84 Å². The lowest BCUT2D eigenvalue weighted by Gasteiger charge is -2.11. The fourth-order valence-electron chi connectivity index (χ4n) is 2.49. The van der Waals surface area contributed by atoms with Gasteiger partial charge in [0.25, 0.3) is 5.91 Å². The summed E-state index contributed by atoms with van der Waals surface area (Å²) in [6.07, 6.45) is 3.51. The van der Waals surface area contributed by atoms with E-state index in [-0.39, 0.29) is 23.5 Å². The Kier molecular flexibility index (Phi) is 3.99. The molecule has 1 atom stereocenters. The quantitative estimate of drug-likeness (QED) is 0.852. The molecule has 8 heteroatoms. The molecule has 7 nitrogen and oxygen atoms in total. The second kappa shape index (κ2) is 5.96. The molecule has 1 amide bonds. The number of rotatable bonds is 3. The Bertz CT molecular complexity index is 834. The maximum absolute atomic E-state index is 12.2. The van der Waals surface area contributed by atoms with Crippen LogP contribution in [0.2, 0.25) is 0 Å². The van der Waals surface area contributed by atoms with Gasteiger partial charge in [-0.1, -0.05) is 12.1 Å². The summed E-state index contributed by atoms with van der Waals surface area (Å²) in [5.41, 5.74) is 7.49. The minimum atomic E-state index is -3.01. The van der Waals surface area contributed by atoms with Gasteiger partial charge in [0.15, 0.2) is 9.84 Å². The molecule has 0 aliphatic carbocycles. The van der Waals surface area contributed by atoms with E-state index in [4.69, 9.17) is 5.73 Å². The van der Waals surface area contributed by atoms with Gasteiger partial charge in [-0.15, -0.1) is 0 Å². The summed E-state index contributed by atoms with van der Waals surface area (Å²) in [4.78, 5) is 20.3. The topological polar surface area (TPSA) is 115 Å². The van der Waals surface area contributed by atoms with Gasteiger partial charge in [0.05, 0.1) is 29.6 Å². The molecule has 1 aliphatic rings. The van der Waals surface area contributed by atoms with E-state index in [9.17, 15) is 13.2 Å². The Labute approximate surface area is 133 Å². The molecule has 1 unspecified atom stereocenters. The van der Waals surface area contributed by atoms with Crippen LogP contribution in [0.5, 0.6) is 0 Å². The second-order valence-corrected chi connectivity index (χ2v) is 7.71. The third-order valence-electron chi connectivity index (χ3n) is 3.66. The average molecular weight is 332 g/mol. The number of hydrogen-bond acceptors (Lipinski definition) is 6. The largest absolute Gasteiger partial charge is 0.382 e. The molecule has 0 bridgehead atoms. The zero-order valence-corrected chi connectivity index (χ0v) is 13.1. The molecule has 1 aliphatic heterocycles. The van der Waals surface area contributed by atoms with Crippen molar-refractivity contribution in [1.29, 1.82) is 0 Å². The molecule has 3 N–H and O–H groups in total. The lowest BCUT2D eigenvalue weighted by molar-refractivity contribution is 0.0941. The van der Waals surface area contributed by atoms with Gasteiger partial charge in [-0.2, -0.15) is 0 Å². The number of nitrogen functional groups attached to an aromatic ring is 1. The van der Waals surface area contributed by atoms with Gasteiger partial charge in [-0.3, -0.25) is 9.78 Å². The molecule has 2 aromatic rings. The Morgan fingerprint density at radius 1 is 1.22 bits per heavy atom. The smallest absolute Gasteiger partial charge is 0.251 e. The number of anilines is 1. The van der Waals surface area contributed by atoms with Crippen molar-refractivity contribution in [1.82, 2.24) is 15.3 Å². The minimum absolute atomic E-state index is 0.00963. The van der Waals surface area contributed by atoms with Crippen molar-refractivity contribution in [2.75, 3.05) is 17.2 Å². The van der Waals surface area contributed by atoms with Crippen molar-refractivity contribution in [3.05, 3.63) is 42.2 Å². The van der Waals surface area contributed by atoms with Crippen LogP contribution in [0.1, 0.15) is 16.8 Å². The number of nitrogens with two attached hydrogens (primary N) is 1. The number of nitrogens with one attached hydrogen (secondary N) is 1. The summed E-state index contributed by atoms with van der Waals surface area (Å²) in [5, 5.41) is 2.75. The SMILES string of the molecule is Nc1cncc(-c2ccc(C(=O)NC3CCS(=O)(=O)C3)cc2)n1. The average Bonchev–Trinajstić information content (AvgIpc) is 2.86. The number of sulfone groups is 1. The standard InChI is InChI=1S/C15H16N4O3S/c16-14-8-17-7-13(19-14)10-1-3-11(4-2-10)15(20)18-12-5-6-23(21,22)9-12/h1-4,7-8,12H,5-6,9H2,(H2,16,19)(H,18,20). The van der Waals surface area contributed by atoms with Gasteiger partial charge >= 0.3 is 0 Å². The van der Waals surface area contributed by atoms with Crippen LogP contribution in [0.3, 0.4) is 0 Å². The fraction of sp³-hybridized carbons (Fsp3) is 0.267. The van der Waals surface area contributed by atoms with Crippen molar-refractivity contribution in [2.24, 2.45) is 0 Å².